The summed E-state index contributed by atoms with van der Waals surface area (Å²) in [6, 6.07) is 13.6. The van der Waals surface area contributed by atoms with Gasteiger partial charge in [-0.3, -0.25) is 9.97 Å². The molecule has 0 amide bonds. The predicted octanol–water partition coefficient (Wildman–Crippen LogP) is 2.22. The fraction of sp³-hybridized carbons (Fsp3) is 0.118. The van der Waals surface area contributed by atoms with E-state index in [-0.39, 0.29) is 0 Å². The third-order valence-corrected chi connectivity index (χ3v) is 3.44. The summed E-state index contributed by atoms with van der Waals surface area (Å²) >= 11 is 0. The molecule has 22 heavy (non-hydrogen) atoms. The van der Waals surface area contributed by atoms with Gasteiger partial charge >= 0.3 is 0 Å². The molecule has 0 unspecified atom stereocenters. The van der Waals surface area contributed by atoms with E-state index < -0.39 is 0 Å². The van der Waals surface area contributed by atoms with E-state index >= 15 is 0 Å². The number of anilines is 2. The van der Waals surface area contributed by atoms with Crippen LogP contribution in [0, 0.1) is 0 Å². The molecule has 3 aromatic heterocycles. The third-order valence-electron chi connectivity index (χ3n) is 3.44. The highest BCUT2D eigenvalue weighted by molar-refractivity contribution is 5.53. The van der Waals surface area contributed by atoms with Crippen molar-refractivity contribution in [3.63, 3.8) is 0 Å². The second-order valence-corrected chi connectivity index (χ2v) is 5.07. The maximum Gasteiger partial charge on any atom is 0.129 e. The first-order chi connectivity index (χ1) is 10.7. The first-order valence-electron chi connectivity index (χ1n) is 7.06. The van der Waals surface area contributed by atoms with Crippen LogP contribution in [0.4, 0.5) is 11.6 Å². The minimum absolute atomic E-state index is 0.452. The first-order valence-corrected chi connectivity index (χ1v) is 7.06. The number of rotatable bonds is 4. The minimum Gasteiger partial charge on any atom is -0.383 e. The van der Waals surface area contributed by atoms with Crippen molar-refractivity contribution in [3.05, 3.63) is 77.4 Å². The molecule has 0 aliphatic heterocycles. The van der Waals surface area contributed by atoms with Gasteiger partial charge in [0.05, 0.1) is 0 Å². The number of nitrogens with zero attached hydrogens (tertiary/aromatic N) is 3. The Balaban J connectivity index is 1.90. The molecular weight excluding hydrogens is 274 g/mol. The van der Waals surface area contributed by atoms with Crippen molar-refractivity contribution in [1.82, 2.24) is 15.0 Å². The van der Waals surface area contributed by atoms with Crippen molar-refractivity contribution in [2.75, 3.05) is 11.5 Å². The molecule has 3 aromatic rings. The van der Waals surface area contributed by atoms with Gasteiger partial charge in [0.15, 0.2) is 0 Å². The Labute approximate surface area is 129 Å². The Hall–Kier alpha value is -2.95. The third kappa shape index (κ3) is 3.20. The zero-order valence-electron chi connectivity index (χ0n) is 12.1. The zero-order valence-corrected chi connectivity index (χ0v) is 12.1. The van der Waals surface area contributed by atoms with Gasteiger partial charge in [0, 0.05) is 47.8 Å². The molecule has 0 atom stereocenters. The zero-order chi connectivity index (χ0) is 15.4. The molecule has 0 bridgehead atoms. The van der Waals surface area contributed by atoms with Crippen LogP contribution in [0.5, 0.6) is 0 Å². The van der Waals surface area contributed by atoms with E-state index in [1.165, 1.54) is 0 Å². The van der Waals surface area contributed by atoms with Gasteiger partial charge in [-0.05, 0) is 30.3 Å². The standard InChI is InChI=1S/C17H17N5/c18-16-12(10-14-5-1-3-7-20-14)9-13(17(19)22-16)11-15-6-2-4-8-21-15/h1-9H,10-11H2,(H4,18,19,22). The molecule has 0 saturated carbocycles. The van der Waals surface area contributed by atoms with Gasteiger partial charge in [-0.15, -0.1) is 0 Å². The van der Waals surface area contributed by atoms with Crippen LogP contribution in [0.1, 0.15) is 22.5 Å². The van der Waals surface area contributed by atoms with Crippen molar-refractivity contribution in [3.8, 4) is 0 Å². The van der Waals surface area contributed by atoms with E-state index in [9.17, 15) is 0 Å². The lowest BCUT2D eigenvalue weighted by molar-refractivity contribution is 1.03. The van der Waals surface area contributed by atoms with Crippen molar-refractivity contribution < 1.29 is 0 Å². The molecule has 4 N–H and O–H groups in total. The number of hydrogen-bond donors (Lipinski definition) is 2. The Bertz CT molecular complexity index is 694. The molecular formula is C17H17N5. The van der Waals surface area contributed by atoms with Gasteiger partial charge in [0.25, 0.3) is 0 Å². The number of nitrogen functional groups attached to an aromatic ring is 2. The maximum absolute atomic E-state index is 6.00. The van der Waals surface area contributed by atoms with E-state index in [1.807, 2.05) is 42.5 Å². The summed E-state index contributed by atoms with van der Waals surface area (Å²) in [5.41, 5.74) is 15.8. The first kappa shape index (κ1) is 14.0. The van der Waals surface area contributed by atoms with Crippen molar-refractivity contribution >= 4 is 11.6 Å². The molecule has 0 aromatic carbocycles. The van der Waals surface area contributed by atoms with Crippen LogP contribution in [-0.4, -0.2) is 15.0 Å². The van der Waals surface area contributed by atoms with Crippen molar-refractivity contribution in [2.24, 2.45) is 0 Å². The van der Waals surface area contributed by atoms with Gasteiger partial charge in [-0.1, -0.05) is 12.1 Å². The molecule has 110 valence electrons. The maximum atomic E-state index is 6.00. The van der Waals surface area contributed by atoms with E-state index in [0.717, 1.165) is 22.5 Å². The van der Waals surface area contributed by atoms with Gasteiger partial charge in [0.2, 0.25) is 0 Å². The average Bonchev–Trinajstić information content (AvgIpc) is 2.54. The lowest BCUT2D eigenvalue weighted by atomic mass is 10.0. The van der Waals surface area contributed by atoms with E-state index in [4.69, 9.17) is 11.5 Å². The summed E-state index contributed by atoms with van der Waals surface area (Å²) in [5.74, 6) is 0.904. The highest BCUT2D eigenvalue weighted by Crippen LogP contribution is 2.21. The summed E-state index contributed by atoms with van der Waals surface area (Å²) in [6.45, 7) is 0. The normalized spacial score (nSPS) is 10.5. The van der Waals surface area contributed by atoms with Crippen molar-refractivity contribution in [1.29, 1.82) is 0 Å². The molecule has 0 spiro atoms. The van der Waals surface area contributed by atoms with Gasteiger partial charge in [-0.25, -0.2) is 4.98 Å². The van der Waals surface area contributed by atoms with E-state index in [1.54, 1.807) is 12.4 Å². The molecule has 0 aliphatic carbocycles. The lowest BCUT2D eigenvalue weighted by Crippen LogP contribution is -2.07. The quantitative estimate of drug-likeness (QED) is 0.769. The lowest BCUT2D eigenvalue weighted by Gasteiger charge is -2.10. The second kappa shape index (κ2) is 6.22. The van der Waals surface area contributed by atoms with Crippen LogP contribution < -0.4 is 11.5 Å². The number of nitrogens with two attached hydrogens (primary N) is 2. The Morgan fingerprint density at radius 1 is 0.727 bits per heavy atom. The fourth-order valence-electron chi connectivity index (χ4n) is 2.31. The largest absolute Gasteiger partial charge is 0.383 e. The second-order valence-electron chi connectivity index (χ2n) is 5.07. The summed E-state index contributed by atoms with van der Waals surface area (Å²) in [4.78, 5) is 12.9. The highest BCUT2D eigenvalue weighted by Gasteiger charge is 2.10. The Morgan fingerprint density at radius 2 is 1.23 bits per heavy atom. The molecule has 3 rings (SSSR count). The number of aromatic nitrogens is 3. The van der Waals surface area contributed by atoms with Crippen LogP contribution in [0.15, 0.2) is 54.9 Å². The van der Waals surface area contributed by atoms with Gasteiger partial charge < -0.3 is 11.5 Å². The average molecular weight is 291 g/mol. The predicted molar refractivity (Wildman–Crippen MR) is 87.1 cm³/mol. The van der Waals surface area contributed by atoms with Crippen LogP contribution in [-0.2, 0) is 12.8 Å². The van der Waals surface area contributed by atoms with Crippen LogP contribution in [0.3, 0.4) is 0 Å². The summed E-state index contributed by atoms with van der Waals surface area (Å²) in [6.07, 6.45) is 4.81. The van der Waals surface area contributed by atoms with Gasteiger partial charge in [0.1, 0.15) is 11.6 Å². The SMILES string of the molecule is Nc1nc(N)c(Cc2ccccn2)cc1Cc1ccccn1. The molecule has 5 heteroatoms. The summed E-state index contributed by atoms with van der Waals surface area (Å²) in [5, 5.41) is 0. The van der Waals surface area contributed by atoms with Crippen LogP contribution >= 0.6 is 0 Å². The number of hydrogen-bond acceptors (Lipinski definition) is 5. The summed E-state index contributed by atoms with van der Waals surface area (Å²) in [7, 11) is 0. The highest BCUT2D eigenvalue weighted by atomic mass is 14.9. The summed E-state index contributed by atoms with van der Waals surface area (Å²) < 4.78 is 0. The fourth-order valence-corrected chi connectivity index (χ4v) is 2.31. The molecule has 5 nitrogen and oxygen atoms in total. The molecule has 0 saturated heterocycles. The van der Waals surface area contributed by atoms with Crippen molar-refractivity contribution in [2.45, 2.75) is 12.8 Å². The minimum atomic E-state index is 0.452. The molecule has 0 aliphatic rings. The van der Waals surface area contributed by atoms with E-state index in [2.05, 4.69) is 15.0 Å². The Kier molecular flexibility index (Phi) is 3.96. The smallest absolute Gasteiger partial charge is 0.129 e. The molecule has 0 fully saturated rings. The van der Waals surface area contributed by atoms with Crippen LogP contribution in [0.25, 0.3) is 0 Å². The molecule has 3 heterocycles. The molecule has 0 radical (unpaired) electrons. The number of pyridine rings is 3. The monoisotopic (exact) mass is 291 g/mol. The Morgan fingerprint density at radius 3 is 1.64 bits per heavy atom. The van der Waals surface area contributed by atoms with E-state index in [0.29, 0.717) is 24.5 Å². The van der Waals surface area contributed by atoms with Crippen LogP contribution in [0.2, 0.25) is 0 Å². The van der Waals surface area contributed by atoms with Gasteiger partial charge in [-0.2, -0.15) is 0 Å². The topological polar surface area (TPSA) is 90.7 Å².